The molecule has 0 aromatic carbocycles. The minimum Gasteiger partial charge on any atom is -0.296 e. The number of hydrogen-bond donors (Lipinski definition) is 0. The second-order valence-electron chi connectivity index (χ2n) is 4.67. The van der Waals surface area contributed by atoms with Gasteiger partial charge in [0.15, 0.2) is 0 Å². The Morgan fingerprint density at radius 2 is 2.09 bits per heavy atom. The molecule has 0 aliphatic heterocycles. The van der Waals surface area contributed by atoms with Gasteiger partial charge in [-0.1, -0.05) is 6.07 Å². The number of likely N-dealkylation sites (N-methyl/N-ethyl adjacent to an activating group) is 2. The van der Waals surface area contributed by atoms with Crippen LogP contribution in [0, 0.1) is 0 Å². The Morgan fingerprint density at radius 3 is 2.61 bits per heavy atom. The van der Waals surface area contributed by atoms with E-state index in [1.807, 2.05) is 6.92 Å². The Balaban J connectivity index is 2.15. The molecule has 6 nitrogen and oxygen atoms in total. The normalized spacial score (nSPS) is 11.7. The minimum atomic E-state index is -3.64. The number of halogens is 1. The van der Waals surface area contributed by atoms with E-state index in [0.29, 0.717) is 12.4 Å². The van der Waals surface area contributed by atoms with E-state index in [-0.39, 0.29) is 16.7 Å². The largest absolute Gasteiger partial charge is 0.296 e. The fourth-order valence-electron chi connectivity index (χ4n) is 1.92. The Kier molecular flexibility index (Phi) is 5.90. The molecule has 0 saturated carbocycles. The fraction of sp³-hybridized carbons (Fsp3) is 0.286. The van der Waals surface area contributed by atoms with Crippen molar-refractivity contribution in [1.29, 1.82) is 0 Å². The number of thiophene rings is 1. The van der Waals surface area contributed by atoms with Crippen LogP contribution < -0.4 is 4.90 Å². The van der Waals surface area contributed by atoms with Gasteiger partial charge in [0.05, 0.1) is 6.54 Å². The van der Waals surface area contributed by atoms with E-state index in [0.717, 1.165) is 20.1 Å². The van der Waals surface area contributed by atoms with Crippen molar-refractivity contribution in [1.82, 2.24) is 9.29 Å². The monoisotopic (exact) mass is 417 g/mol. The summed E-state index contributed by atoms with van der Waals surface area (Å²) in [6, 6.07) is 6.68. The van der Waals surface area contributed by atoms with Crippen LogP contribution >= 0.6 is 27.3 Å². The SMILES string of the molecule is CCN(C(=O)CN(C)S(=O)(=O)c1cccs1)c1ccc(Br)cn1. The van der Waals surface area contributed by atoms with Crippen molar-refractivity contribution in [2.75, 3.05) is 25.0 Å². The number of carbonyl (C=O) groups excluding carboxylic acids is 1. The molecule has 0 aliphatic carbocycles. The molecule has 1 amide bonds. The van der Waals surface area contributed by atoms with Crippen molar-refractivity contribution >= 4 is 49.0 Å². The first-order chi connectivity index (χ1) is 10.9. The Hall–Kier alpha value is -1.29. The highest BCUT2D eigenvalue weighted by atomic mass is 79.9. The molecule has 0 bridgehead atoms. The van der Waals surface area contributed by atoms with Gasteiger partial charge in [0.1, 0.15) is 10.0 Å². The second kappa shape index (κ2) is 7.52. The zero-order chi connectivity index (χ0) is 17.0. The third-order valence-electron chi connectivity index (χ3n) is 3.12. The topological polar surface area (TPSA) is 70.6 Å². The van der Waals surface area contributed by atoms with Crippen molar-refractivity contribution in [2.45, 2.75) is 11.1 Å². The van der Waals surface area contributed by atoms with Crippen LogP contribution in [0.1, 0.15) is 6.92 Å². The Morgan fingerprint density at radius 1 is 1.35 bits per heavy atom. The van der Waals surface area contributed by atoms with Gasteiger partial charge in [0.2, 0.25) is 5.91 Å². The van der Waals surface area contributed by atoms with Crippen LogP contribution in [0.4, 0.5) is 5.82 Å². The van der Waals surface area contributed by atoms with Gasteiger partial charge in [0.25, 0.3) is 10.0 Å². The minimum absolute atomic E-state index is 0.220. The summed E-state index contributed by atoms with van der Waals surface area (Å²) >= 11 is 4.41. The summed E-state index contributed by atoms with van der Waals surface area (Å²) in [6.45, 7) is 1.97. The maximum Gasteiger partial charge on any atom is 0.252 e. The first kappa shape index (κ1) is 18.1. The summed E-state index contributed by atoms with van der Waals surface area (Å²) < 4.78 is 26.8. The standard InChI is InChI=1S/C14H16BrN3O3S2/c1-3-18(12-7-6-11(15)9-16-12)13(19)10-17(2)23(20,21)14-5-4-8-22-14/h4-9H,3,10H2,1-2H3. The van der Waals surface area contributed by atoms with Gasteiger partial charge >= 0.3 is 0 Å². The second-order valence-corrected chi connectivity index (χ2v) is 8.80. The molecule has 2 heterocycles. The number of anilines is 1. The Labute approximate surface area is 147 Å². The summed E-state index contributed by atoms with van der Waals surface area (Å²) in [5.74, 6) is 0.160. The lowest BCUT2D eigenvalue weighted by Crippen LogP contribution is -2.41. The lowest BCUT2D eigenvalue weighted by molar-refractivity contribution is -0.118. The molecule has 0 spiro atoms. The highest BCUT2D eigenvalue weighted by Gasteiger charge is 2.26. The molecule has 0 N–H and O–H groups in total. The first-order valence-corrected chi connectivity index (χ1v) is 9.89. The van der Waals surface area contributed by atoms with Crippen molar-refractivity contribution in [3.8, 4) is 0 Å². The van der Waals surface area contributed by atoms with Crippen LogP contribution in [-0.4, -0.2) is 43.8 Å². The average molecular weight is 418 g/mol. The number of sulfonamides is 1. The third kappa shape index (κ3) is 4.17. The van der Waals surface area contributed by atoms with Crippen LogP contribution in [0.5, 0.6) is 0 Å². The summed E-state index contributed by atoms with van der Waals surface area (Å²) in [5.41, 5.74) is 0. The van der Waals surface area contributed by atoms with Gasteiger partial charge < -0.3 is 0 Å². The molecule has 0 radical (unpaired) electrons. The maximum absolute atomic E-state index is 12.5. The van der Waals surface area contributed by atoms with E-state index < -0.39 is 10.0 Å². The smallest absolute Gasteiger partial charge is 0.252 e. The lowest BCUT2D eigenvalue weighted by atomic mass is 10.4. The van der Waals surface area contributed by atoms with E-state index >= 15 is 0 Å². The highest BCUT2D eigenvalue weighted by molar-refractivity contribution is 9.10. The number of carbonyl (C=O) groups is 1. The van der Waals surface area contributed by atoms with Crippen molar-refractivity contribution in [3.63, 3.8) is 0 Å². The molecular weight excluding hydrogens is 402 g/mol. The third-order valence-corrected chi connectivity index (χ3v) is 6.77. The van der Waals surface area contributed by atoms with Gasteiger partial charge in [-0.25, -0.2) is 13.4 Å². The summed E-state index contributed by atoms with van der Waals surface area (Å²) in [5, 5.41) is 1.69. The number of aromatic nitrogens is 1. The van der Waals surface area contributed by atoms with Gasteiger partial charge in [0, 0.05) is 24.3 Å². The van der Waals surface area contributed by atoms with E-state index in [1.54, 1.807) is 29.8 Å². The van der Waals surface area contributed by atoms with Crippen LogP contribution in [-0.2, 0) is 14.8 Å². The van der Waals surface area contributed by atoms with Gasteiger partial charge in [-0.15, -0.1) is 11.3 Å². The number of hydrogen-bond acceptors (Lipinski definition) is 5. The van der Waals surface area contributed by atoms with Gasteiger partial charge in [-0.05, 0) is 46.4 Å². The predicted molar refractivity (Wildman–Crippen MR) is 94.1 cm³/mol. The molecule has 0 saturated heterocycles. The molecule has 0 aliphatic rings. The zero-order valence-corrected chi connectivity index (χ0v) is 15.9. The van der Waals surface area contributed by atoms with Crippen LogP contribution in [0.2, 0.25) is 0 Å². The summed E-state index contributed by atoms with van der Waals surface area (Å²) in [7, 11) is -2.25. The quantitative estimate of drug-likeness (QED) is 0.723. The van der Waals surface area contributed by atoms with Crippen molar-refractivity contribution < 1.29 is 13.2 Å². The van der Waals surface area contributed by atoms with E-state index in [1.165, 1.54) is 18.0 Å². The lowest BCUT2D eigenvalue weighted by Gasteiger charge is -2.23. The number of nitrogens with zero attached hydrogens (tertiary/aromatic N) is 3. The van der Waals surface area contributed by atoms with Crippen molar-refractivity contribution in [2.24, 2.45) is 0 Å². The van der Waals surface area contributed by atoms with Gasteiger partial charge in [-0.3, -0.25) is 9.69 Å². The molecule has 0 fully saturated rings. The first-order valence-electron chi connectivity index (χ1n) is 6.78. The van der Waals surface area contributed by atoms with Crippen LogP contribution in [0.25, 0.3) is 0 Å². The highest BCUT2D eigenvalue weighted by Crippen LogP contribution is 2.20. The van der Waals surface area contributed by atoms with Crippen molar-refractivity contribution in [3.05, 3.63) is 40.3 Å². The Bertz CT molecular complexity index is 761. The summed E-state index contributed by atoms with van der Waals surface area (Å²) in [4.78, 5) is 18.1. The molecule has 0 atom stereocenters. The molecule has 124 valence electrons. The van der Waals surface area contributed by atoms with Crippen LogP contribution in [0.15, 0.2) is 44.5 Å². The summed E-state index contributed by atoms with van der Waals surface area (Å²) in [6.07, 6.45) is 1.59. The number of rotatable bonds is 6. The molecule has 2 aromatic rings. The number of amides is 1. The fourth-order valence-corrected chi connectivity index (χ4v) is 4.47. The van der Waals surface area contributed by atoms with Gasteiger partial charge in [-0.2, -0.15) is 4.31 Å². The molecular formula is C14H16BrN3O3S2. The molecule has 23 heavy (non-hydrogen) atoms. The molecule has 0 unspecified atom stereocenters. The van der Waals surface area contributed by atoms with E-state index in [4.69, 9.17) is 0 Å². The predicted octanol–water partition coefficient (Wildman–Crippen LogP) is 2.58. The zero-order valence-electron chi connectivity index (χ0n) is 12.6. The molecule has 9 heteroatoms. The molecule has 2 rings (SSSR count). The maximum atomic E-state index is 12.5. The number of pyridine rings is 1. The van der Waals surface area contributed by atoms with E-state index in [9.17, 15) is 13.2 Å². The van der Waals surface area contributed by atoms with Crippen LogP contribution in [0.3, 0.4) is 0 Å². The average Bonchev–Trinajstić information content (AvgIpc) is 3.05. The molecule has 2 aromatic heterocycles. The van der Waals surface area contributed by atoms with E-state index in [2.05, 4.69) is 20.9 Å².